The number of likely N-dealkylation sites (N-methyl/N-ethyl adjacent to an activating group) is 1. The fourth-order valence-electron chi connectivity index (χ4n) is 2.44. The highest BCUT2D eigenvalue weighted by atomic mass is 35.5. The van der Waals surface area contributed by atoms with Crippen LogP contribution in [0.3, 0.4) is 0 Å². The molecule has 1 aromatic carbocycles. The Morgan fingerprint density at radius 2 is 2.00 bits per heavy atom. The molecule has 0 aliphatic carbocycles. The van der Waals surface area contributed by atoms with Crippen LogP contribution < -0.4 is 4.74 Å². The molecule has 2 rings (SSSR count). The van der Waals surface area contributed by atoms with E-state index in [2.05, 4.69) is 0 Å². The maximum atomic E-state index is 12.6. The van der Waals surface area contributed by atoms with Gasteiger partial charge < -0.3 is 9.64 Å². The summed E-state index contributed by atoms with van der Waals surface area (Å²) in [5, 5.41) is 0.229. The molecule has 8 heteroatoms. The average Bonchev–Trinajstić information content (AvgIpc) is 3.03. The second-order valence-electron chi connectivity index (χ2n) is 5.37. The Balaban J connectivity index is 2.13. The van der Waals surface area contributed by atoms with E-state index in [-0.39, 0.29) is 22.4 Å². The molecule has 1 fully saturated rings. The van der Waals surface area contributed by atoms with Crippen LogP contribution in [0.2, 0.25) is 5.02 Å². The van der Waals surface area contributed by atoms with E-state index < -0.39 is 10.0 Å². The maximum Gasteiger partial charge on any atom is 0.243 e. The monoisotopic (exact) mass is 360 g/mol. The fourth-order valence-corrected chi connectivity index (χ4v) is 3.88. The molecule has 128 valence electrons. The molecule has 1 heterocycles. The van der Waals surface area contributed by atoms with Crippen molar-refractivity contribution >= 4 is 27.5 Å². The van der Waals surface area contributed by atoms with Crippen LogP contribution in [-0.4, -0.2) is 56.8 Å². The molecule has 0 bridgehead atoms. The lowest BCUT2D eigenvalue weighted by Gasteiger charge is -2.21. The van der Waals surface area contributed by atoms with Crippen molar-refractivity contribution in [1.29, 1.82) is 0 Å². The van der Waals surface area contributed by atoms with Crippen molar-refractivity contribution in [3.63, 3.8) is 0 Å². The van der Waals surface area contributed by atoms with Crippen molar-refractivity contribution in [2.24, 2.45) is 0 Å². The third-order valence-electron chi connectivity index (χ3n) is 3.73. The van der Waals surface area contributed by atoms with Gasteiger partial charge in [0.15, 0.2) is 0 Å². The smallest absolute Gasteiger partial charge is 0.243 e. The van der Waals surface area contributed by atoms with Crippen molar-refractivity contribution in [3.8, 4) is 5.75 Å². The van der Waals surface area contributed by atoms with Gasteiger partial charge in [0.25, 0.3) is 0 Å². The second kappa shape index (κ2) is 7.51. The molecular formula is C15H21ClN2O4S. The number of halogens is 1. The van der Waals surface area contributed by atoms with E-state index in [9.17, 15) is 13.2 Å². The van der Waals surface area contributed by atoms with Crippen molar-refractivity contribution < 1.29 is 17.9 Å². The first-order chi connectivity index (χ1) is 10.9. The topological polar surface area (TPSA) is 66.9 Å². The van der Waals surface area contributed by atoms with E-state index in [4.69, 9.17) is 16.3 Å². The lowest BCUT2D eigenvalue weighted by atomic mass is 10.3. The minimum atomic E-state index is -3.77. The molecule has 23 heavy (non-hydrogen) atoms. The lowest BCUT2D eigenvalue weighted by Crippen LogP contribution is -2.39. The summed E-state index contributed by atoms with van der Waals surface area (Å²) >= 11 is 6.05. The van der Waals surface area contributed by atoms with Crippen molar-refractivity contribution in [2.45, 2.75) is 24.7 Å². The van der Waals surface area contributed by atoms with Gasteiger partial charge in [0.2, 0.25) is 15.9 Å². The Hall–Kier alpha value is -1.31. The van der Waals surface area contributed by atoms with Crippen molar-refractivity contribution in [3.05, 3.63) is 23.2 Å². The molecule has 1 aromatic rings. The van der Waals surface area contributed by atoms with Crippen LogP contribution in [0, 0.1) is 0 Å². The number of amides is 1. The number of carbonyl (C=O) groups is 1. The number of ether oxygens (including phenoxy) is 1. The van der Waals surface area contributed by atoms with Gasteiger partial charge in [-0.3, -0.25) is 4.79 Å². The molecule has 0 N–H and O–H groups in total. The number of rotatable bonds is 6. The highest BCUT2D eigenvalue weighted by molar-refractivity contribution is 7.89. The summed E-state index contributed by atoms with van der Waals surface area (Å²) in [5.74, 6) is 0.259. The Morgan fingerprint density at radius 1 is 1.35 bits per heavy atom. The first kappa shape index (κ1) is 18.0. The van der Waals surface area contributed by atoms with Crippen LogP contribution in [0.4, 0.5) is 0 Å². The summed E-state index contributed by atoms with van der Waals surface area (Å²) in [5.41, 5.74) is 0. The van der Waals surface area contributed by atoms with Crippen molar-refractivity contribution in [1.82, 2.24) is 9.21 Å². The zero-order chi connectivity index (χ0) is 17.0. The molecular weight excluding hydrogens is 340 g/mol. The third kappa shape index (κ3) is 4.16. The van der Waals surface area contributed by atoms with E-state index in [1.165, 1.54) is 25.2 Å². The van der Waals surface area contributed by atoms with Crippen LogP contribution in [0.1, 0.15) is 19.8 Å². The second-order valence-corrected chi connectivity index (χ2v) is 7.83. The van der Waals surface area contributed by atoms with E-state index in [0.717, 1.165) is 17.1 Å². The first-order valence-electron chi connectivity index (χ1n) is 7.52. The molecule has 1 saturated heterocycles. The standard InChI is InChI=1S/C15H21ClN2O4S/c1-3-22-14-7-6-12(10-13(14)16)23(20,21)17(2)11-15(19)18-8-4-5-9-18/h6-7,10H,3-5,8-9,11H2,1-2H3. The molecule has 0 radical (unpaired) electrons. The molecule has 6 nitrogen and oxygen atoms in total. The average molecular weight is 361 g/mol. The normalized spacial score (nSPS) is 15.2. The van der Waals surface area contributed by atoms with Gasteiger partial charge >= 0.3 is 0 Å². The van der Waals surface area contributed by atoms with Crippen LogP contribution >= 0.6 is 11.6 Å². The SMILES string of the molecule is CCOc1ccc(S(=O)(=O)N(C)CC(=O)N2CCCC2)cc1Cl. The van der Waals surface area contributed by atoms with Gasteiger partial charge in [-0.1, -0.05) is 11.6 Å². The molecule has 0 atom stereocenters. The zero-order valence-electron chi connectivity index (χ0n) is 13.3. The molecule has 1 aliphatic rings. The van der Waals surface area contributed by atoms with Crippen LogP contribution in [0.5, 0.6) is 5.75 Å². The Labute approximate surface area is 142 Å². The molecule has 1 aliphatic heterocycles. The van der Waals surface area contributed by atoms with E-state index in [1.54, 1.807) is 4.90 Å². The largest absolute Gasteiger partial charge is 0.492 e. The number of benzene rings is 1. The quantitative estimate of drug-likeness (QED) is 0.778. The Bertz CT molecular complexity index is 672. The van der Waals surface area contributed by atoms with Crippen molar-refractivity contribution in [2.75, 3.05) is 33.3 Å². The van der Waals surface area contributed by atoms with E-state index >= 15 is 0 Å². The summed E-state index contributed by atoms with van der Waals surface area (Å²) in [6.07, 6.45) is 1.94. The maximum absolute atomic E-state index is 12.6. The van der Waals surface area contributed by atoms with Gasteiger partial charge in [-0.05, 0) is 38.0 Å². The van der Waals surface area contributed by atoms with Gasteiger partial charge in [0, 0.05) is 20.1 Å². The minimum absolute atomic E-state index is 0.0441. The van der Waals surface area contributed by atoms with Crippen LogP contribution in [0.25, 0.3) is 0 Å². The number of sulfonamides is 1. The predicted octanol–water partition coefficient (Wildman–Crippen LogP) is 1.98. The fraction of sp³-hybridized carbons (Fsp3) is 0.533. The van der Waals surface area contributed by atoms with Gasteiger partial charge in [-0.25, -0.2) is 8.42 Å². The highest BCUT2D eigenvalue weighted by Crippen LogP contribution is 2.28. The van der Waals surface area contributed by atoms with Gasteiger partial charge in [-0.2, -0.15) is 4.31 Å². The molecule has 1 amide bonds. The molecule has 0 spiro atoms. The summed E-state index contributed by atoms with van der Waals surface area (Å²) in [7, 11) is -2.38. The third-order valence-corrected chi connectivity index (χ3v) is 5.82. The number of likely N-dealkylation sites (tertiary alicyclic amines) is 1. The molecule has 0 unspecified atom stereocenters. The van der Waals surface area contributed by atoms with Gasteiger partial charge in [0.05, 0.1) is 23.1 Å². The van der Waals surface area contributed by atoms with Crippen LogP contribution in [-0.2, 0) is 14.8 Å². The summed E-state index contributed by atoms with van der Waals surface area (Å²) in [6, 6.07) is 4.30. The predicted molar refractivity (Wildman–Crippen MR) is 88.3 cm³/mol. The highest BCUT2D eigenvalue weighted by Gasteiger charge is 2.27. The number of carbonyl (C=O) groups excluding carboxylic acids is 1. The first-order valence-corrected chi connectivity index (χ1v) is 9.34. The summed E-state index contributed by atoms with van der Waals surface area (Å²) in [6.45, 7) is 3.48. The number of hydrogen-bond acceptors (Lipinski definition) is 4. The molecule has 0 saturated carbocycles. The van der Waals surface area contributed by atoms with Gasteiger partial charge in [0.1, 0.15) is 5.75 Å². The van der Waals surface area contributed by atoms with Crippen LogP contribution in [0.15, 0.2) is 23.1 Å². The number of nitrogens with zero attached hydrogens (tertiary/aromatic N) is 2. The zero-order valence-corrected chi connectivity index (χ0v) is 14.9. The molecule has 0 aromatic heterocycles. The summed E-state index contributed by atoms with van der Waals surface area (Å²) < 4.78 is 31.5. The minimum Gasteiger partial charge on any atom is -0.492 e. The van der Waals surface area contributed by atoms with E-state index in [0.29, 0.717) is 25.4 Å². The lowest BCUT2D eigenvalue weighted by molar-refractivity contribution is -0.130. The summed E-state index contributed by atoms with van der Waals surface area (Å²) in [4.78, 5) is 13.8. The number of hydrogen-bond donors (Lipinski definition) is 0. The van der Waals surface area contributed by atoms with E-state index in [1.807, 2.05) is 6.92 Å². The van der Waals surface area contributed by atoms with Gasteiger partial charge in [-0.15, -0.1) is 0 Å². The Kier molecular flexibility index (Phi) is 5.89. The Morgan fingerprint density at radius 3 is 2.57 bits per heavy atom.